The van der Waals surface area contributed by atoms with Crippen molar-refractivity contribution in [2.45, 2.75) is 37.9 Å². The van der Waals surface area contributed by atoms with E-state index in [1.165, 1.54) is 19.2 Å². The van der Waals surface area contributed by atoms with Crippen molar-refractivity contribution in [3.05, 3.63) is 29.3 Å². The smallest absolute Gasteiger partial charge is 0.335 e. The first-order valence-corrected chi connectivity index (χ1v) is 7.19. The molecule has 6 heteroatoms. The summed E-state index contributed by atoms with van der Waals surface area (Å²) < 4.78 is 10.5. The fraction of sp³-hybridized carbons (Fsp3) is 0.500. The van der Waals surface area contributed by atoms with E-state index in [4.69, 9.17) is 14.6 Å². The average Bonchev–Trinajstić information content (AvgIpc) is 2.43. The third kappa shape index (κ3) is 3.84. The van der Waals surface area contributed by atoms with Gasteiger partial charge in [0.1, 0.15) is 0 Å². The molecule has 0 saturated heterocycles. The van der Waals surface area contributed by atoms with Crippen LogP contribution in [0.25, 0.3) is 0 Å². The van der Waals surface area contributed by atoms with Gasteiger partial charge in [-0.2, -0.15) is 0 Å². The molecule has 0 spiro atoms. The van der Waals surface area contributed by atoms with Crippen LogP contribution >= 0.6 is 0 Å². The van der Waals surface area contributed by atoms with Crippen molar-refractivity contribution in [1.82, 2.24) is 0 Å². The van der Waals surface area contributed by atoms with Crippen LogP contribution in [0.5, 0.6) is 0 Å². The molecule has 1 fully saturated rings. The van der Waals surface area contributed by atoms with E-state index in [2.05, 4.69) is 5.32 Å². The molecule has 1 aliphatic carbocycles. The SMILES string of the molecule is COCc1cc(NC(=O)CC2(OC)CCC2)cc(C(=O)O)c1. The van der Waals surface area contributed by atoms with Gasteiger partial charge >= 0.3 is 5.97 Å². The first-order chi connectivity index (χ1) is 10.5. The molecular formula is C16H21NO5. The Morgan fingerprint density at radius 2 is 2.00 bits per heavy atom. The number of amides is 1. The highest BCUT2D eigenvalue weighted by Gasteiger charge is 2.39. The van der Waals surface area contributed by atoms with Crippen molar-refractivity contribution >= 4 is 17.6 Å². The number of carboxylic acid groups (broad SMARTS) is 1. The largest absolute Gasteiger partial charge is 0.478 e. The Kier molecular flexibility index (Phi) is 5.15. The van der Waals surface area contributed by atoms with Gasteiger partial charge in [-0.1, -0.05) is 0 Å². The number of nitrogens with one attached hydrogen (secondary N) is 1. The molecule has 1 aromatic rings. The molecular weight excluding hydrogens is 286 g/mol. The van der Waals surface area contributed by atoms with Crippen LogP contribution in [-0.4, -0.2) is 36.8 Å². The van der Waals surface area contributed by atoms with E-state index in [-0.39, 0.29) is 30.1 Å². The second kappa shape index (κ2) is 6.89. The molecule has 0 bridgehead atoms. The Hall–Kier alpha value is -1.92. The molecule has 0 aromatic heterocycles. The van der Waals surface area contributed by atoms with Crippen LogP contribution in [-0.2, 0) is 20.9 Å². The molecule has 2 rings (SSSR count). The summed E-state index contributed by atoms with van der Waals surface area (Å²) in [5, 5.41) is 11.9. The van der Waals surface area contributed by atoms with Crippen LogP contribution in [0.2, 0.25) is 0 Å². The summed E-state index contributed by atoms with van der Waals surface area (Å²) in [5.41, 5.74) is 0.921. The molecule has 1 aliphatic rings. The molecule has 2 N–H and O–H groups in total. The zero-order valence-electron chi connectivity index (χ0n) is 12.8. The molecule has 6 nitrogen and oxygen atoms in total. The van der Waals surface area contributed by atoms with Gasteiger partial charge < -0.3 is 19.9 Å². The van der Waals surface area contributed by atoms with Gasteiger partial charge in [-0.05, 0) is 43.0 Å². The van der Waals surface area contributed by atoms with Crippen molar-refractivity contribution in [2.75, 3.05) is 19.5 Å². The normalized spacial score (nSPS) is 15.9. The van der Waals surface area contributed by atoms with Gasteiger partial charge in [0, 0.05) is 19.9 Å². The molecule has 0 unspecified atom stereocenters. The fourth-order valence-corrected chi connectivity index (χ4v) is 2.66. The average molecular weight is 307 g/mol. The highest BCUT2D eigenvalue weighted by Crippen LogP contribution is 2.38. The lowest BCUT2D eigenvalue weighted by molar-refractivity contribution is -0.129. The first-order valence-electron chi connectivity index (χ1n) is 7.19. The van der Waals surface area contributed by atoms with Crippen LogP contribution < -0.4 is 5.32 Å². The molecule has 1 amide bonds. The van der Waals surface area contributed by atoms with Gasteiger partial charge in [0.15, 0.2) is 0 Å². The summed E-state index contributed by atoms with van der Waals surface area (Å²) in [4.78, 5) is 23.3. The number of carbonyl (C=O) groups is 2. The van der Waals surface area contributed by atoms with Crippen LogP contribution in [0.3, 0.4) is 0 Å². The standard InChI is InChI=1S/C16H21NO5/c1-21-10-11-6-12(15(19)20)8-13(7-11)17-14(18)9-16(22-2)4-3-5-16/h6-8H,3-5,9-10H2,1-2H3,(H,17,18)(H,19,20). The Balaban J connectivity index is 2.10. The summed E-state index contributed by atoms with van der Waals surface area (Å²) >= 11 is 0. The lowest BCUT2D eigenvalue weighted by Crippen LogP contribution is -2.42. The van der Waals surface area contributed by atoms with Gasteiger partial charge in [-0.3, -0.25) is 4.79 Å². The Bertz CT molecular complexity index is 560. The molecule has 120 valence electrons. The van der Waals surface area contributed by atoms with E-state index in [1.807, 2.05) is 0 Å². The number of rotatable bonds is 7. The highest BCUT2D eigenvalue weighted by molar-refractivity contribution is 5.94. The fourth-order valence-electron chi connectivity index (χ4n) is 2.66. The molecule has 0 radical (unpaired) electrons. The van der Waals surface area contributed by atoms with Crippen LogP contribution in [0.4, 0.5) is 5.69 Å². The van der Waals surface area contributed by atoms with E-state index in [0.717, 1.165) is 19.3 Å². The second-order valence-electron chi connectivity index (χ2n) is 5.62. The van der Waals surface area contributed by atoms with Gasteiger partial charge in [-0.15, -0.1) is 0 Å². The van der Waals surface area contributed by atoms with Crippen LogP contribution in [0.1, 0.15) is 41.6 Å². The summed E-state index contributed by atoms with van der Waals surface area (Å²) in [5.74, 6) is -1.21. The zero-order chi connectivity index (χ0) is 16.2. The molecule has 1 aromatic carbocycles. The number of hydrogen-bond acceptors (Lipinski definition) is 4. The van der Waals surface area contributed by atoms with Gasteiger partial charge in [0.2, 0.25) is 5.91 Å². The Morgan fingerprint density at radius 1 is 1.27 bits per heavy atom. The monoisotopic (exact) mass is 307 g/mol. The Morgan fingerprint density at radius 3 is 2.50 bits per heavy atom. The van der Waals surface area contributed by atoms with Crippen molar-refractivity contribution in [2.24, 2.45) is 0 Å². The second-order valence-corrected chi connectivity index (χ2v) is 5.62. The van der Waals surface area contributed by atoms with Gasteiger partial charge in [0.05, 0.1) is 24.2 Å². The number of ether oxygens (including phenoxy) is 2. The maximum Gasteiger partial charge on any atom is 0.335 e. The third-order valence-corrected chi connectivity index (χ3v) is 4.02. The van der Waals surface area contributed by atoms with E-state index in [1.54, 1.807) is 13.2 Å². The quantitative estimate of drug-likeness (QED) is 0.808. The van der Waals surface area contributed by atoms with Crippen molar-refractivity contribution in [3.8, 4) is 0 Å². The number of benzene rings is 1. The summed E-state index contributed by atoms with van der Waals surface area (Å²) in [6.45, 7) is 0.284. The molecule has 0 heterocycles. The minimum atomic E-state index is -1.04. The summed E-state index contributed by atoms with van der Waals surface area (Å²) in [6.07, 6.45) is 3.09. The van der Waals surface area contributed by atoms with Gasteiger partial charge in [-0.25, -0.2) is 4.79 Å². The van der Waals surface area contributed by atoms with Crippen LogP contribution in [0.15, 0.2) is 18.2 Å². The summed E-state index contributed by atoms with van der Waals surface area (Å²) in [6, 6.07) is 4.69. The number of methoxy groups -OCH3 is 2. The predicted molar refractivity (Wildman–Crippen MR) is 81.0 cm³/mol. The topological polar surface area (TPSA) is 84.9 Å². The number of carboxylic acids is 1. The van der Waals surface area contributed by atoms with E-state index >= 15 is 0 Å². The number of hydrogen-bond donors (Lipinski definition) is 2. The molecule has 0 aliphatic heterocycles. The van der Waals surface area contributed by atoms with Crippen molar-refractivity contribution < 1.29 is 24.2 Å². The predicted octanol–water partition coefficient (Wildman–Crippen LogP) is 2.43. The Labute approximate surface area is 129 Å². The van der Waals surface area contributed by atoms with Crippen molar-refractivity contribution in [3.63, 3.8) is 0 Å². The highest BCUT2D eigenvalue weighted by atomic mass is 16.5. The first kappa shape index (κ1) is 16.5. The maximum absolute atomic E-state index is 12.2. The molecule has 0 atom stereocenters. The minimum Gasteiger partial charge on any atom is -0.478 e. The van der Waals surface area contributed by atoms with Crippen LogP contribution in [0, 0.1) is 0 Å². The van der Waals surface area contributed by atoms with Gasteiger partial charge in [0.25, 0.3) is 0 Å². The van der Waals surface area contributed by atoms with E-state index in [9.17, 15) is 9.59 Å². The maximum atomic E-state index is 12.2. The zero-order valence-corrected chi connectivity index (χ0v) is 12.8. The minimum absolute atomic E-state index is 0.120. The number of carbonyl (C=O) groups excluding carboxylic acids is 1. The number of aromatic carboxylic acids is 1. The van der Waals surface area contributed by atoms with Crippen molar-refractivity contribution in [1.29, 1.82) is 0 Å². The third-order valence-electron chi connectivity index (χ3n) is 4.02. The lowest BCUT2D eigenvalue weighted by Gasteiger charge is -2.39. The lowest BCUT2D eigenvalue weighted by atomic mass is 9.77. The van der Waals surface area contributed by atoms with E-state index < -0.39 is 5.97 Å². The molecule has 1 saturated carbocycles. The van der Waals surface area contributed by atoms with E-state index in [0.29, 0.717) is 11.3 Å². The number of anilines is 1. The molecule has 22 heavy (non-hydrogen) atoms. The summed E-state index contributed by atoms with van der Waals surface area (Å²) in [7, 11) is 3.15.